The summed E-state index contributed by atoms with van der Waals surface area (Å²) in [6, 6.07) is -0.823. The first-order valence-corrected chi connectivity index (χ1v) is 6.05. The number of hydrogen-bond donors (Lipinski definition) is 1. The lowest BCUT2D eigenvalue weighted by atomic mass is 10.2. The van der Waals surface area contributed by atoms with Crippen molar-refractivity contribution in [2.24, 2.45) is 5.11 Å². The van der Waals surface area contributed by atoms with Crippen molar-refractivity contribution >= 4 is 16.2 Å². The standard InChI is InChI=1S/C6H10N4O5S/c1-16(13,14)15-5-3-10(6(11)12)2-4(5)8-9-7/h4-5H,2-3H2,1H3,(H,11,12). The van der Waals surface area contributed by atoms with Crippen molar-refractivity contribution in [2.45, 2.75) is 12.1 Å². The summed E-state index contributed by atoms with van der Waals surface area (Å²) in [4.78, 5) is 14.1. The average molecular weight is 250 g/mol. The summed E-state index contributed by atoms with van der Waals surface area (Å²) in [6.45, 7) is -0.203. The maximum Gasteiger partial charge on any atom is 0.407 e. The molecule has 90 valence electrons. The Labute approximate surface area is 91.4 Å². The van der Waals surface area contributed by atoms with E-state index in [4.69, 9.17) is 10.6 Å². The molecule has 1 aliphatic heterocycles. The van der Waals surface area contributed by atoms with Crippen LogP contribution in [0.5, 0.6) is 0 Å². The summed E-state index contributed by atoms with van der Waals surface area (Å²) < 4.78 is 26.4. The third-order valence-corrected chi connectivity index (χ3v) is 2.60. The van der Waals surface area contributed by atoms with Crippen molar-refractivity contribution in [1.29, 1.82) is 0 Å². The molecule has 16 heavy (non-hydrogen) atoms. The molecular weight excluding hydrogens is 240 g/mol. The van der Waals surface area contributed by atoms with Gasteiger partial charge in [-0.25, -0.2) is 4.79 Å². The van der Waals surface area contributed by atoms with Gasteiger partial charge in [0.2, 0.25) is 0 Å². The first-order chi connectivity index (χ1) is 7.33. The second-order valence-electron chi connectivity index (χ2n) is 3.30. The minimum absolute atomic E-state index is 0.0699. The minimum atomic E-state index is -3.71. The lowest BCUT2D eigenvalue weighted by molar-refractivity contribution is 0.146. The second kappa shape index (κ2) is 4.56. The molecule has 10 heteroatoms. The van der Waals surface area contributed by atoms with Gasteiger partial charge in [0.1, 0.15) is 6.10 Å². The van der Waals surface area contributed by atoms with Crippen LogP contribution in [0, 0.1) is 0 Å². The summed E-state index contributed by atoms with van der Waals surface area (Å²) in [6.07, 6.45) is -1.32. The molecule has 0 aromatic rings. The van der Waals surface area contributed by atoms with Crippen LogP contribution < -0.4 is 0 Å². The fraction of sp³-hybridized carbons (Fsp3) is 0.833. The molecule has 2 unspecified atom stereocenters. The van der Waals surface area contributed by atoms with E-state index in [0.29, 0.717) is 0 Å². The van der Waals surface area contributed by atoms with Crippen molar-refractivity contribution < 1.29 is 22.5 Å². The molecule has 1 heterocycles. The maximum absolute atomic E-state index is 10.9. The molecule has 1 amide bonds. The summed E-state index contributed by atoms with van der Waals surface area (Å²) in [5, 5.41) is 12.0. The predicted octanol–water partition coefficient (Wildman–Crippen LogP) is 0.00370. The summed E-state index contributed by atoms with van der Waals surface area (Å²) in [7, 11) is -3.71. The van der Waals surface area contributed by atoms with E-state index in [1.807, 2.05) is 0 Å². The Kier molecular flexibility index (Phi) is 3.58. The van der Waals surface area contributed by atoms with E-state index in [2.05, 4.69) is 14.2 Å². The number of carbonyl (C=O) groups is 1. The number of nitrogens with zero attached hydrogens (tertiary/aromatic N) is 4. The molecule has 0 aromatic heterocycles. The van der Waals surface area contributed by atoms with E-state index in [1.54, 1.807) is 0 Å². The number of hydrogen-bond acceptors (Lipinski definition) is 5. The van der Waals surface area contributed by atoms with E-state index in [9.17, 15) is 13.2 Å². The van der Waals surface area contributed by atoms with E-state index in [0.717, 1.165) is 11.2 Å². The highest BCUT2D eigenvalue weighted by Crippen LogP contribution is 2.18. The molecule has 9 nitrogen and oxygen atoms in total. The SMILES string of the molecule is CS(=O)(=O)OC1CN(C(=O)O)CC1N=[N+]=[N-]. The zero-order valence-corrected chi connectivity index (χ0v) is 9.16. The quantitative estimate of drug-likeness (QED) is 0.326. The van der Waals surface area contributed by atoms with Gasteiger partial charge in [-0.3, -0.25) is 4.18 Å². The number of likely N-dealkylation sites (tertiary alicyclic amines) is 1. The summed E-state index contributed by atoms with van der Waals surface area (Å²) in [5.74, 6) is 0. The molecule has 0 radical (unpaired) electrons. The topological polar surface area (TPSA) is 133 Å². The lowest BCUT2D eigenvalue weighted by Crippen LogP contribution is -2.29. The highest BCUT2D eigenvalue weighted by Gasteiger charge is 2.37. The van der Waals surface area contributed by atoms with Crippen molar-refractivity contribution in [3.63, 3.8) is 0 Å². The second-order valence-corrected chi connectivity index (χ2v) is 4.90. The van der Waals surface area contributed by atoms with Gasteiger partial charge in [0.15, 0.2) is 0 Å². The zero-order chi connectivity index (χ0) is 12.3. The number of amides is 1. The van der Waals surface area contributed by atoms with E-state index >= 15 is 0 Å². The van der Waals surface area contributed by atoms with Gasteiger partial charge < -0.3 is 10.0 Å². The lowest BCUT2D eigenvalue weighted by Gasteiger charge is -2.12. The molecule has 1 fully saturated rings. The summed E-state index contributed by atoms with van der Waals surface area (Å²) in [5.41, 5.74) is 8.26. The Balaban J connectivity index is 2.81. The molecule has 0 bridgehead atoms. The van der Waals surface area contributed by atoms with Crippen molar-refractivity contribution in [1.82, 2.24) is 4.90 Å². The van der Waals surface area contributed by atoms with E-state index in [-0.39, 0.29) is 13.1 Å². The van der Waals surface area contributed by atoms with Crippen LogP contribution in [-0.4, -0.2) is 56.0 Å². The molecule has 0 spiro atoms. The Morgan fingerprint density at radius 3 is 2.69 bits per heavy atom. The fourth-order valence-corrected chi connectivity index (χ4v) is 2.05. The smallest absolute Gasteiger partial charge is 0.407 e. The molecule has 1 aliphatic rings. The number of azide groups is 1. The average Bonchev–Trinajstić information content (AvgIpc) is 2.47. The molecule has 0 saturated carbocycles. The highest BCUT2D eigenvalue weighted by molar-refractivity contribution is 7.86. The van der Waals surface area contributed by atoms with E-state index in [1.165, 1.54) is 0 Å². The molecular formula is C6H10N4O5S. The molecule has 1 saturated heterocycles. The third kappa shape index (κ3) is 3.26. The summed E-state index contributed by atoms with van der Waals surface area (Å²) >= 11 is 0. The molecule has 0 aromatic carbocycles. The molecule has 1 rings (SSSR count). The van der Waals surface area contributed by atoms with E-state index < -0.39 is 28.4 Å². The first-order valence-electron chi connectivity index (χ1n) is 4.24. The largest absolute Gasteiger partial charge is 0.465 e. The minimum Gasteiger partial charge on any atom is -0.465 e. The fourth-order valence-electron chi connectivity index (χ4n) is 1.41. The van der Waals surface area contributed by atoms with Gasteiger partial charge in [0, 0.05) is 11.5 Å². The highest BCUT2D eigenvalue weighted by atomic mass is 32.2. The Morgan fingerprint density at radius 1 is 1.62 bits per heavy atom. The van der Waals surface area contributed by atoms with Gasteiger partial charge in [0.25, 0.3) is 10.1 Å². The van der Waals surface area contributed by atoms with Crippen LogP contribution in [0.25, 0.3) is 10.4 Å². The van der Waals surface area contributed by atoms with Crippen LogP contribution in [0.4, 0.5) is 4.79 Å². The number of rotatable bonds is 3. The first kappa shape index (κ1) is 12.6. The Bertz CT molecular complexity index is 428. The Hall–Kier alpha value is -1.51. The maximum atomic E-state index is 10.9. The normalized spacial score (nSPS) is 25.2. The zero-order valence-electron chi connectivity index (χ0n) is 8.35. The van der Waals surface area contributed by atoms with Gasteiger partial charge in [0.05, 0.1) is 18.8 Å². The number of carboxylic acid groups (broad SMARTS) is 1. The van der Waals surface area contributed by atoms with Gasteiger partial charge in [-0.2, -0.15) is 8.42 Å². The molecule has 2 atom stereocenters. The van der Waals surface area contributed by atoms with Crippen LogP contribution >= 0.6 is 0 Å². The van der Waals surface area contributed by atoms with Crippen LogP contribution in [0.15, 0.2) is 5.11 Å². The van der Waals surface area contributed by atoms with Crippen molar-refractivity contribution in [3.05, 3.63) is 10.4 Å². The monoisotopic (exact) mass is 250 g/mol. The van der Waals surface area contributed by atoms with Crippen LogP contribution in [0.3, 0.4) is 0 Å². The third-order valence-electron chi connectivity index (χ3n) is 2.01. The van der Waals surface area contributed by atoms with Gasteiger partial charge in [-0.05, 0) is 5.53 Å². The van der Waals surface area contributed by atoms with Crippen LogP contribution in [0.2, 0.25) is 0 Å². The van der Waals surface area contributed by atoms with Crippen LogP contribution in [-0.2, 0) is 14.3 Å². The van der Waals surface area contributed by atoms with Crippen LogP contribution in [0.1, 0.15) is 0 Å². The Morgan fingerprint density at radius 2 is 2.25 bits per heavy atom. The van der Waals surface area contributed by atoms with Gasteiger partial charge in [-0.15, -0.1) is 0 Å². The van der Waals surface area contributed by atoms with Crippen molar-refractivity contribution in [3.8, 4) is 0 Å². The predicted molar refractivity (Wildman–Crippen MR) is 52.2 cm³/mol. The van der Waals surface area contributed by atoms with Gasteiger partial charge >= 0.3 is 6.09 Å². The van der Waals surface area contributed by atoms with Crippen molar-refractivity contribution in [2.75, 3.05) is 19.3 Å². The van der Waals surface area contributed by atoms with Gasteiger partial charge in [-0.1, -0.05) is 5.11 Å². The molecule has 0 aliphatic carbocycles. The molecule has 1 N–H and O–H groups in total.